The van der Waals surface area contributed by atoms with Crippen LogP contribution in [-0.4, -0.2) is 25.2 Å². The van der Waals surface area contributed by atoms with Crippen molar-refractivity contribution in [3.05, 3.63) is 74.4 Å². The molecule has 2 N–H and O–H groups in total. The van der Waals surface area contributed by atoms with Crippen LogP contribution in [0.3, 0.4) is 0 Å². The van der Waals surface area contributed by atoms with Crippen molar-refractivity contribution >= 4 is 83.9 Å². The summed E-state index contributed by atoms with van der Waals surface area (Å²) in [7, 11) is -3.80. The van der Waals surface area contributed by atoms with Gasteiger partial charge in [-0.3, -0.25) is 14.3 Å². The molecule has 2 amide bonds. The normalized spacial score (nSPS) is 14.3. The molecule has 0 fully saturated rings. The predicted octanol–water partition coefficient (Wildman–Crippen LogP) is 3.98. The lowest BCUT2D eigenvalue weighted by Gasteiger charge is -2.15. The predicted molar refractivity (Wildman–Crippen MR) is 128 cm³/mol. The lowest BCUT2D eigenvalue weighted by atomic mass is 10.3. The highest BCUT2D eigenvalue weighted by molar-refractivity contribution is 14.1. The number of anilines is 3. The van der Waals surface area contributed by atoms with Gasteiger partial charge in [0, 0.05) is 20.8 Å². The zero-order valence-electron chi connectivity index (χ0n) is 15.4. The highest BCUT2D eigenvalue weighted by Crippen LogP contribution is 2.30. The Kier molecular flexibility index (Phi) is 6.01. The van der Waals surface area contributed by atoms with Crippen LogP contribution in [0.5, 0.6) is 0 Å². The van der Waals surface area contributed by atoms with Gasteiger partial charge in [-0.25, -0.2) is 18.3 Å². The molecule has 0 saturated heterocycles. The molecule has 1 aromatic heterocycles. The third kappa shape index (κ3) is 4.44. The number of rotatable bonds is 6. The first kappa shape index (κ1) is 21.7. The first-order valence-electron chi connectivity index (χ1n) is 8.60. The number of nitrogens with one attached hydrogen (secondary N) is 2. The molecule has 0 saturated carbocycles. The van der Waals surface area contributed by atoms with Crippen LogP contribution >= 0.6 is 45.5 Å². The summed E-state index contributed by atoms with van der Waals surface area (Å²) < 4.78 is 28.2. The van der Waals surface area contributed by atoms with Crippen LogP contribution in [0.2, 0.25) is 0 Å². The van der Waals surface area contributed by atoms with E-state index in [0.717, 1.165) is 19.8 Å². The second-order valence-corrected chi connectivity index (χ2v) is 10.4. The summed E-state index contributed by atoms with van der Waals surface area (Å²) in [4.78, 5) is 30.2. The van der Waals surface area contributed by atoms with E-state index in [1.807, 2.05) is 0 Å². The van der Waals surface area contributed by atoms with Crippen molar-refractivity contribution in [1.29, 1.82) is 0 Å². The lowest BCUT2D eigenvalue weighted by Crippen LogP contribution is -2.32. The lowest BCUT2D eigenvalue weighted by molar-refractivity contribution is -0.120. The standard InChI is InChI=1S/C19H12ClIN4O4S2/c20-15-16(18(27)25(17(15)26)13-5-1-11(21)2-6-13)23-12-3-7-14(8-4-12)31(28,29)24-19-22-9-10-30-19/h1-10,23H,(H,22,24). The molecule has 2 heterocycles. The molecule has 158 valence electrons. The number of sulfonamides is 1. The summed E-state index contributed by atoms with van der Waals surface area (Å²) in [6, 6.07) is 12.5. The minimum atomic E-state index is -3.80. The fourth-order valence-electron chi connectivity index (χ4n) is 2.75. The topological polar surface area (TPSA) is 108 Å². The number of aromatic nitrogens is 1. The molecule has 31 heavy (non-hydrogen) atoms. The molecule has 8 nitrogen and oxygen atoms in total. The van der Waals surface area contributed by atoms with Gasteiger partial charge in [0.05, 0.1) is 10.6 Å². The minimum Gasteiger partial charge on any atom is -0.350 e. The Labute approximate surface area is 200 Å². The second-order valence-electron chi connectivity index (χ2n) is 6.20. The molecule has 2 aromatic carbocycles. The number of nitrogens with zero attached hydrogens (tertiary/aromatic N) is 2. The number of amides is 2. The number of carbonyl (C=O) groups is 2. The van der Waals surface area contributed by atoms with Crippen LogP contribution in [0.25, 0.3) is 0 Å². The van der Waals surface area contributed by atoms with Crippen LogP contribution in [0.4, 0.5) is 16.5 Å². The Bertz CT molecular complexity index is 1290. The van der Waals surface area contributed by atoms with Crippen LogP contribution in [0, 0.1) is 3.57 Å². The molecule has 3 aromatic rings. The number of benzene rings is 2. The molecule has 1 aliphatic rings. The van der Waals surface area contributed by atoms with Crippen LogP contribution in [-0.2, 0) is 19.6 Å². The number of hydrogen-bond acceptors (Lipinski definition) is 7. The Balaban J connectivity index is 1.53. The number of carbonyl (C=O) groups excluding carboxylic acids is 2. The van der Waals surface area contributed by atoms with Gasteiger partial charge in [0.2, 0.25) is 0 Å². The maximum atomic E-state index is 12.8. The first-order chi connectivity index (χ1) is 14.8. The van der Waals surface area contributed by atoms with Gasteiger partial charge in [-0.1, -0.05) is 11.6 Å². The molecule has 0 bridgehead atoms. The third-order valence-electron chi connectivity index (χ3n) is 4.20. The van der Waals surface area contributed by atoms with Gasteiger partial charge in [0.1, 0.15) is 10.7 Å². The van der Waals surface area contributed by atoms with Gasteiger partial charge in [-0.2, -0.15) is 0 Å². The quantitative estimate of drug-likeness (QED) is 0.334. The number of thiazole rings is 1. The van der Waals surface area contributed by atoms with Crippen molar-refractivity contribution in [2.24, 2.45) is 0 Å². The smallest absolute Gasteiger partial charge is 0.283 e. The largest absolute Gasteiger partial charge is 0.350 e. The van der Waals surface area contributed by atoms with Crippen molar-refractivity contribution in [1.82, 2.24) is 4.98 Å². The Hall–Kier alpha value is -2.48. The van der Waals surface area contributed by atoms with Gasteiger partial charge < -0.3 is 5.32 Å². The maximum absolute atomic E-state index is 12.8. The zero-order valence-corrected chi connectivity index (χ0v) is 19.9. The molecular weight excluding hydrogens is 575 g/mol. The van der Waals surface area contributed by atoms with Gasteiger partial charge >= 0.3 is 0 Å². The fourth-order valence-corrected chi connectivity index (χ4v) is 5.11. The molecular formula is C19H12ClIN4O4S2. The molecule has 0 radical (unpaired) electrons. The molecule has 4 rings (SSSR count). The van der Waals surface area contributed by atoms with E-state index in [1.165, 1.54) is 30.5 Å². The molecule has 0 atom stereocenters. The van der Waals surface area contributed by atoms with E-state index in [0.29, 0.717) is 11.4 Å². The average molecular weight is 587 g/mol. The van der Waals surface area contributed by atoms with E-state index in [1.54, 1.807) is 29.6 Å². The molecule has 0 unspecified atom stereocenters. The monoisotopic (exact) mass is 586 g/mol. The van der Waals surface area contributed by atoms with Gasteiger partial charge in [-0.15, -0.1) is 11.3 Å². The van der Waals surface area contributed by atoms with Gasteiger partial charge in [-0.05, 0) is 71.1 Å². The van der Waals surface area contributed by atoms with Crippen molar-refractivity contribution in [2.45, 2.75) is 4.90 Å². The van der Waals surface area contributed by atoms with Gasteiger partial charge in [0.25, 0.3) is 21.8 Å². The Morgan fingerprint density at radius 3 is 2.29 bits per heavy atom. The first-order valence-corrected chi connectivity index (χ1v) is 12.4. The minimum absolute atomic E-state index is 0.0164. The summed E-state index contributed by atoms with van der Waals surface area (Å²) in [6.07, 6.45) is 1.49. The number of imide groups is 1. The summed E-state index contributed by atoms with van der Waals surface area (Å²) in [5.41, 5.74) is 0.716. The summed E-state index contributed by atoms with van der Waals surface area (Å²) in [6.45, 7) is 0. The van der Waals surface area contributed by atoms with Crippen LogP contribution in [0.15, 0.2) is 75.7 Å². The maximum Gasteiger partial charge on any atom is 0.283 e. The summed E-state index contributed by atoms with van der Waals surface area (Å²) in [5, 5.41) is 4.48. The van der Waals surface area contributed by atoms with E-state index in [4.69, 9.17) is 11.6 Å². The van der Waals surface area contributed by atoms with E-state index in [-0.39, 0.29) is 20.8 Å². The third-order valence-corrected chi connectivity index (χ3v) is 7.44. The second kappa shape index (κ2) is 8.57. The summed E-state index contributed by atoms with van der Waals surface area (Å²) in [5.74, 6) is -1.24. The van der Waals surface area contributed by atoms with Crippen molar-refractivity contribution in [3.8, 4) is 0 Å². The zero-order chi connectivity index (χ0) is 22.2. The Morgan fingerprint density at radius 1 is 1.00 bits per heavy atom. The molecule has 1 aliphatic heterocycles. The highest BCUT2D eigenvalue weighted by atomic mass is 127. The van der Waals surface area contributed by atoms with E-state index in [9.17, 15) is 18.0 Å². The Morgan fingerprint density at radius 2 is 1.68 bits per heavy atom. The number of halogens is 2. The van der Waals surface area contributed by atoms with E-state index in [2.05, 4.69) is 37.6 Å². The van der Waals surface area contributed by atoms with Crippen molar-refractivity contribution in [2.75, 3.05) is 14.9 Å². The highest BCUT2D eigenvalue weighted by Gasteiger charge is 2.38. The van der Waals surface area contributed by atoms with E-state index >= 15 is 0 Å². The molecule has 12 heteroatoms. The van der Waals surface area contributed by atoms with E-state index < -0.39 is 21.8 Å². The molecule has 0 aliphatic carbocycles. The number of hydrogen-bond donors (Lipinski definition) is 2. The average Bonchev–Trinajstić information content (AvgIpc) is 3.32. The van der Waals surface area contributed by atoms with Crippen molar-refractivity contribution in [3.63, 3.8) is 0 Å². The molecule has 0 spiro atoms. The fraction of sp³-hybridized carbons (Fsp3) is 0. The SMILES string of the molecule is O=C1C(Cl)=C(Nc2ccc(S(=O)(=O)Nc3nccs3)cc2)C(=O)N1c1ccc(I)cc1. The van der Waals surface area contributed by atoms with Gasteiger partial charge in [0.15, 0.2) is 5.13 Å². The van der Waals surface area contributed by atoms with Crippen LogP contribution in [0.1, 0.15) is 0 Å². The summed E-state index contributed by atoms with van der Waals surface area (Å²) >= 11 is 9.40. The van der Waals surface area contributed by atoms with Crippen molar-refractivity contribution < 1.29 is 18.0 Å². The van der Waals surface area contributed by atoms with Crippen LogP contribution < -0.4 is 14.9 Å².